The lowest BCUT2D eigenvalue weighted by atomic mass is 10.2. The number of thioether (sulfide) groups is 1. The highest BCUT2D eigenvalue weighted by molar-refractivity contribution is 7.98. The molecule has 4 nitrogen and oxygen atoms in total. The average Bonchev–Trinajstić information content (AvgIpc) is 2.61. The van der Waals surface area contributed by atoms with Crippen molar-refractivity contribution in [3.05, 3.63) is 65.7 Å². The Kier molecular flexibility index (Phi) is 6.91. The lowest BCUT2D eigenvalue weighted by Crippen LogP contribution is -2.34. The minimum absolute atomic E-state index is 0.189. The van der Waals surface area contributed by atoms with Crippen molar-refractivity contribution < 1.29 is 18.4 Å². The number of nitrogens with one attached hydrogen (secondary N) is 1. The first-order valence-electron chi connectivity index (χ1n) is 7.72. The van der Waals surface area contributed by atoms with Crippen molar-refractivity contribution >= 4 is 35.3 Å². The highest BCUT2D eigenvalue weighted by atomic mass is 32.2. The van der Waals surface area contributed by atoms with E-state index in [1.807, 2.05) is 18.4 Å². The predicted molar refractivity (Wildman–Crippen MR) is 99.9 cm³/mol. The van der Waals surface area contributed by atoms with Gasteiger partial charge in [0.15, 0.2) is 0 Å². The highest BCUT2D eigenvalue weighted by Gasteiger charge is 2.13. The molecule has 1 N–H and O–H groups in total. The van der Waals surface area contributed by atoms with E-state index in [4.69, 9.17) is 0 Å². The van der Waals surface area contributed by atoms with Crippen LogP contribution in [0.3, 0.4) is 0 Å². The monoisotopic (exact) mass is 376 g/mol. The number of para-hydroxylation sites is 1. The van der Waals surface area contributed by atoms with Gasteiger partial charge in [-0.2, -0.15) is 0 Å². The van der Waals surface area contributed by atoms with Crippen molar-refractivity contribution in [2.45, 2.75) is 4.90 Å². The van der Waals surface area contributed by atoms with E-state index >= 15 is 0 Å². The molecule has 136 valence electrons. The summed E-state index contributed by atoms with van der Waals surface area (Å²) in [7, 11) is 1.43. The van der Waals surface area contributed by atoms with Gasteiger partial charge in [-0.25, -0.2) is 8.78 Å². The average molecular weight is 376 g/mol. The molecule has 0 aliphatic heterocycles. The van der Waals surface area contributed by atoms with Crippen LogP contribution >= 0.6 is 11.8 Å². The predicted octanol–water partition coefficient (Wildman–Crippen LogP) is 3.80. The van der Waals surface area contributed by atoms with Crippen LogP contribution in [-0.4, -0.2) is 36.6 Å². The van der Waals surface area contributed by atoms with Gasteiger partial charge in [0.25, 0.3) is 0 Å². The van der Waals surface area contributed by atoms with E-state index in [2.05, 4.69) is 5.32 Å². The van der Waals surface area contributed by atoms with E-state index in [0.29, 0.717) is 5.69 Å². The minimum Gasteiger partial charge on any atom is -0.333 e. The van der Waals surface area contributed by atoms with Gasteiger partial charge in [-0.05, 0) is 36.6 Å². The molecule has 2 amide bonds. The first-order chi connectivity index (χ1) is 12.4. The summed E-state index contributed by atoms with van der Waals surface area (Å²) in [5.41, 5.74) is 0.363. The summed E-state index contributed by atoms with van der Waals surface area (Å²) in [6.45, 7) is -0.189. The second-order valence-corrected chi connectivity index (χ2v) is 6.26. The third-order valence-corrected chi connectivity index (χ3v) is 4.33. The Hall–Kier alpha value is -2.67. The molecule has 0 radical (unpaired) electrons. The van der Waals surface area contributed by atoms with Gasteiger partial charge in [0.1, 0.15) is 11.6 Å². The van der Waals surface area contributed by atoms with Crippen molar-refractivity contribution in [1.82, 2.24) is 4.90 Å². The molecule has 0 fully saturated rings. The van der Waals surface area contributed by atoms with E-state index in [-0.39, 0.29) is 18.0 Å². The fourth-order valence-corrected chi connectivity index (χ4v) is 2.74. The Morgan fingerprint density at radius 1 is 1.12 bits per heavy atom. The normalized spacial score (nSPS) is 10.8. The van der Waals surface area contributed by atoms with Gasteiger partial charge in [-0.1, -0.05) is 18.2 Å². The molecule has 0 aliphatic carbocycles. The van der Waals surface area contributed by atoms with Gasteiger partial charge >= 0.3 is 0 Å². The molecule has 0 saturated carbocycles. The molecule has 0 unspecified atom stereocenters. The number of likely N-dealkylation sites (N-methyl/N-ethyl adjacent to an activating group) is 1. The second kappa shape index (κ2) is 9.15. The maximum Gasteiger partial charge on any atom is 0.246 e. The summed E-state index contributed by atoms with van der Waals surface area (Å²) in [6, 6.07) is 10.8. The summed E-state index contributed by atoms with van der Waals surface area (Å²) in [6.07, 6.45) is 3.99. The lowest BCUT2D eigenvalue weighted by molar-refractivity contribution is -0.129. The lowest BCUT2D eigenvalue weighted by Gasteiger charge is -2.16. The zero-order valence-electron chi connectivity index (χ0n) is 14.3. The highest BCUT2D eigenvalue weighted by Crippen LogP contribution is 2.24. The summed E-state index contributed by atoms with van der Waals surface area (Å²) >= 11 is 1.49. The molecule has 2 rings (SSSR count). The first kappa shape index (κ1) is 19.7. The largest absolute Gasteiger partial charge is 0.333 e. The zero-order chi connectivity index (χ0) is 19.1. The van der Waals surface area contributed by atoms with Crippen LogP contribution < -0.4 is 5.32 Å². The Morgan fingerprint density at radius 3 is 2.42 bits per heavy atom. The molecule has 0 saturated heterocycles. The number of hydrogen-bond donors (Lipinski definition) is 1. The minimum atomic E-state index is -0.761. The van der Waals surface area contributed by atoms with Crippen molar-refractivity contribution in [3.8, 4) is 0 Å². The molecule has 0 spiro atoms. The zero-order valence-corrected chi connectivity index (χ0v) is 15.1. The van der Waals surface area contributed by atoms with Crippen molar-refractivity contribution in [1.29, 1.82) is 0 Å². The van der Waals surface area contributed by atoms with Crippen molar-refractivity contribution in [3.63, 3.8) is 0 Å². The molecule has 0 bridgehead atoms. The van der Waals surface area contributed by atoms with Gasteiger partial charge in [-0.15, -0.1) is 11.8 Å². The fourth-order valence-electron chi connectivity index (χ4n) is 2.18. The third kappa shape index (κ3) is 5.16. The molecular formula is C19H18F2N2O2S. The second-order valence-electron chi connectivity index (χ2n) is 5.41. The van der Waals surface area contributed by atoms with Crippen LogP contribution in [0.25, 0.3) is 6.08 Å². The van der Waals surface area contributed by atoms with E-state index in [9.17, 15) is 18.4 Å². The molecule has 0 heterocycles. The Balaban J connectivity index is 1.98. The molecule has 2 aromatic rings. The summed E-state index contributed by atoms with van der Waals surface area (Å²) in [4.78, 5) is 26.2. The number of nitrogens with zero attached hydrogens (tertiary/aromatic N) is 1. The van der Waals surface area contributed by atoms with Crippen LogP contribution in [0.1, 0.15) is 5.56 Å². The number of benzene rings is 2. The Labute approximate surface area is 154 Å². The van der Waals surface area contributed by atoms with Crippen LogP contribution in [0, 0.1) is 11.6 Å². The van der Waals surface area contributed by atoms with Gasteiger partial charge in [-0.3, -0.25) is 9.59 Å². The number of hydrogen-bond acceptors (Lipinski definition) is 3. The quantitative estimate of drug-likeness (QED) is 0.616. The van der Waals surface area contributed by atoms with Gasteiger partial charge in [0.2, 0.25) is 11.8 Å². The van der Waals surface area contributed by atoms with E-state index in [0.717, 1.165) is 34.1 Å². The third-order valence-electron chi connectivity index (χ3n) is 3.53. The molecule has 7 heteroatoms. The standard InChI is InChI=1S/C19H18F2N2O2S/c1-23(12-18(24)22-16-8-3-4-9-17(16)26-2)19(25)11-10-13-14(20)6-5-7-15(13)21/h3-11H,12H2,1-2H3,(H,22,24)/b11-10+. The number of rotatable bonds is 6. The summed E-state index contributed by atoms with van der Waals surface area (Å²) < 4.78 is 27.1. The molecular weight excluding hydrogens is 358 g/mol. The molecule has 2 aromatic carbocycles. The summed E-state index contributed by atoms with van der Waals surface area (Å²) in [5.74, 6) is -2.43. The number of amides is 2. The van der Waals surface area contributed by atoms with E-state index in [1.54, 1.807) is 12.1 Å². The van der Waals surface area contributed by atoms with Crippen molar-refractivity contribution in [2.75, 3.05) is 25.2 Å². The summed E-state index contributed by atoms with van der Waals surface area (Å²) in [5, 5.41) is 2.74. The molecule has 0 atom stereocenters. The molecule has 26 heavy (non-hydrogen) atoms. The molecule has 0 aromatic heterocycles. The first-order valence-corrected chi connectivity index (χ1v) is 8.95. The van der Waals surface area contributed by atoms with Crippen molar-refractivity contribution in [2.24, 2.45) is 0 Å². The van der Waals surface area contributed by atoms with Crippen LogP contribution in [0.15, 0.2) is 53.4 Å². The number of carbonyl (C=O) groups is 2. The van der Waals surface area contributed by atoms with Gasteiger partial charge in [0, 0.05) is 23.6 Å². The van der Waals surface area contributed by atoms with Crippen LogP contribution in [0.4, 0.5) is 14.5 Å². The smallest absolute Gasteiger partial charge is 0.246 e. The van der Waals surface area contributed by atoms with Crippen LogP contribution in [0.2, 0.25) is 0 Å². The van der Waals surface area contributed by atoms with Gasteiger partial charge in [0.05, 0.1) is 12.2 Å². The Bertz CT molecular complexity index is 820. The Morgan fingerprint density at radius 2 is 1.77 bits per heavy atom. The molecule has 0 aliphatic rings. The number of carbonyl (C=O) groups excluding carboxylic acids is 2. The SMILES string of the molecule is CSc1ccccc1NC(=O)CN(C)C(=O)/C=C/c1c(F)cccc1F. The maximum atomic E-state index is 13.5. The number of anilines is 1. The van der Waals surface area contributed by atoms with Gasteiger partial charge < -0.3 is 10.2 Å². The maximum absolute atomic E-state index is 13.5. The van der Waals surface area contributed by atoms with Crippen LogP contribution in [0.5, 0.6) is 0 Å². The van der Waals surface area contributed by atoms with E-state index in [1.165, 1.54) is 24.9 Å². The number of halogens is 2. The van der Waals surface area contributed by atoms with Crippen LogP contribution in [-0.2, 0) is 9.59 Å². The fraction of sp³-hybridized carbons (Fsp3) is 0.158. The topological polar surface area (TPSA) is 49.4 Å². The van der Waals surface area contributed by atoms with E-state index < -0.39 is 17.5 Å².